The van der Waals surface area contributed by atoms with Crippen LogP contribution in [0.2, 0.25) is 0 Å². The zero-order chi connectivity index (χ0) is 15.0. The van der Waals surface area contributed by atoms with E-state index in [-0.39, 0.29) is 0 Å². The third-order valence-electron chi connectivity index (χ3n) is 3.29. The SMILES string of the molecule is Cc1cc(Oc2c(C)cc(Br)cc2N)c2ccccc2n1. The molecule has 2 aromatic carbocycles. The summed E-state index contributed by atoms with van der Waals surface area (Å²) in [5, 5.41) is 0.977. The van der Waals surface area contributed by atoms with Gasteiger partial charge in [0.05, 0.1) is 11.2 Å². The largest absolute Gasteiger partial charge is 0.454 e. The molecule has 106 valence electrons. The highest BCUT2D eigenvalue weighted by Gasteiger charge is 2.11. The lowest BCUT2D eigenvalue weighted by Crippen LogP contribution is -1.97. The summed E-state index contributed by atoms with van der Waals surface area (Å²) < 4.78 is 7.05. The van der Waals surface area contributed by atoms with Gasteiger partial charge >= 0.3 is 0 Å². The number of benzene rings is 2. The Morgan fingerprint density at radius 3 is 2.62 bits per heavy atom. The minimum atomic E-state index is 0.612. The molecule has 2 N–H and O–H groups in total. The smallest absolute Gasteiger partial charge is 0.153 e. The van der Waals surface area contributed by atoms with Crippen LogP contribution in [-0.4, -0.2) is 4.98 Å². The number of rotatable bonds is 2. The van der Waals surface area contributed by atoms with E-state index in [1.54, 1.807) is 0 Å². The van der Waals surface area contributed by atoms with Crippen LogP contribution in [0.4, 0.5) is 5.69 Å². The molecule has 3 rings (SSSR count). The van der Waals surface area contributed by atoms with E-state index < -0.39 is 0 Å². The van der Waals surface area contributed by atoms with Crippen LogP contribution >= 0.6 is 15.9 Å². The minimum Gasteiger partial charge on any atom is -0.454 e. The van der Waals surface area contributed by atoms with Crippen LogP contribution < -0.4 is 10.5 Å². The van der Waals surface area contributed by atoms with Crippen LogP contribution in [-0.2, 0) is 0 Å². The number of pyridine rings is 1. The van der Waals surface area contributed by atoms with Gasteiger partial charge in [-0.3, -0.25) is 4.98 Å². The van der Waals surface area contributed by atoms with E-state index in [9.17, 15) is 0 Å². The molecule has 0 atom stereocenters. The zero-order valence-electron chi connectivity index (χ0n) is 11.9. The third-order valence-corrected chi connectivity index (χ3v) is 3.74. The molecule has 0 radical (unpaired) electrons. The summed E-state index contributed by atoms with van der Waals surface area (Å²) >= 11 is 3.44. The Morgan fingerprint density at radius 2 is 1.86 bits per heavy atom. The molecule has 3 aromatic rings. The minimum absolute atomic E-state index is 0.612. The van der Waals surface area contributed by atoms with Gasteiger partial charge in [0.2, 0.25) is 0 Å². The number of nitrogens with two attached hydrogens (primary N) is 1. The summed E-state index contributed by atoms with van der Waals surface area (Å²) in [5.74, 6) is 1.46. The van der Waals surface area contributed by atoms with Gasteiger partial charge in [0.25, 0.3) is 0 Å². The highest BCUT2D eigenvalue weighted by atomic mass is 79.9. The number of hydrogen-bond acceptors (Lipinski definition) is 3. The average Bonchev–Trinajstić information content (AvgIpc) is 2.42. The van der Waals surface area contributed by atoms with E-state index in [0.717, 1.165) is 32.4 Å². The number of anilines is 1. The summed E-state index contributed by atoms with van der Waals surface area (Å²) in [5.41, 5.74) is 9.51. The summed E-state index contributed by atoms with van der Waals surface area (Å²) in [4.78, 5) is 4.52. The van der Waals surface area contributed by atoms with Crippen molar-refractivity contribution in [2.45, 2.75) is 13.8 Å². The Kier molecular flexibility index (Phi) is 3.55. The topological polar surface area (TPSA) is 48.1 Å². The third kappa shape index (κ3) is 2.72. The molecule has 0 bridgehead atoms. The molecule has 0 aliphatic carbocycles. The lowest BCUT2D eigenvalue weighted by Gasteiger charge is -2.14. The average molecular weight is 343 g/mol. The molecule has 0 aliphatic rings. The monoisotopic (exact) mass is 342 g/mol. The van der Waals surface area contributed by atoms with E-state index in [1.165, 1.54) is 0 Å². The standard InChI is InChI=1S/C17H15BrN2O/c1-10-7-12(18)9-14(19)17(10)21-16-8-11(2)20-15-6-4-3-5-13(15)16/h3-9H,19H2,1-2H3. The fourth-order valence-electron chi connectivity index (χ4n) is 2.36. The van der Waals surface area contributed by atoms with Crippen molar-refractivity contribution >= 4 is 32.5 Å². The molecule has 3 nitrogen and oxygen atoms in total. The quantitative estimate of drug-likeness (QED) is 0.667. The molecule has 0 spiro atoms. The van der Waals surface area contributed by atoms with Crippen molar-refractivity contribution in [1.29, 1.82) is 0 Å². The lowest BCUT2D eigenvalue weighted by molar-refractivity contribution is 0.486. The maximum atomic E-state index is 6.10. The second-order valence-electron chi connectivity index (χ2n) is 5.02. The van der Waals surface area contributed by atoms with Crippen LogP contribution in [0.3, 0.4) is 0 Å². The second-order valence-corrected chi connectivity index (χ2v) is 5.94. The van der Waals surface area contributed by atoms with Gasteiger partial charge in [-0.1, -0.05) is 28.1 Å². The van der Waals surface area contributed by atoms with E-state index >= 15 is 0 Å². The van der Waals surface area contributed by atoms with Crippen LogP contribution in [0.15, 0.2) is 46.9 Å². The van der Waals surface area contributed by atoms with Crippen LogP contribution in [0.1, 0.15) is 11.3 Å². The molecular weight excluding hydrogens is 328 g/mol. The first-order valence-electron chi connectivity index (χ1n) is 6.64. The molecule has 0 aliphatic heterocycles. The van der Waals surface area contributed by atoms with Gasteiger partial charge in [-0.2, -0.15) is 0 Å². The van der Waals surface area contributed by atoms with Crippen molar-refractivity contribution < 1.29 is 4.74 Å². The fraction of sp³-hybridized carbons (Fsp3) is 0.118. The molecule has 21 heavy (non-hydrogen) atoms. The van der Waals surface area contributed by atoms with Gasteiger partial charge in [-0.05, 0) is 43.7 Å². The predicted octanol–water partition coefficient (Wildman–Crippen LogP) is 4.99. The van der Waals surface area contributed by atoms with Crippen molar-refractivity contribution in [3.63, 3.8) is 0 Å². The number of nitrogen functional groups attached to an aromatic ring is 1. The number of nitrogens with zero attached hydrogens (tertiary/aromatic N) is 1. The number of hydrogen-bond donors (Lipinski definition) is 1. The Morgan fingerprint density at radius 1 is 1.10 bits per heavy atom. The molecule has 1 heterocycles. The van der Waals surface area contributed by atoms with Crippen molar-refractivity contribution in [3.8, 4) is 11.5 Å². The van der Waals surface area contributed by atoms with Crippen molar-refractivity contribution in [1.82, 2.24) is 4.98 Å². The lowest BCUT2D eigenvalue weighted by atomic mass is 10.1. The van der Waals surface area contributed by atoms with E-state index in [4.69, 9.17) is 10.5 Å². The summed E-state index contributed by atoms with van der Waals surface area (Å²) in [6.07, 6.45) is 0. The van der Waals surface area contributed by atoms with Gasteiger partial charge in [0, 0.05) is 21.6 Å². The molecule has 0 fully saturated rings. The molecule has 0 unspecified atom stereocenters. The highest BCUT2D eigenvalue weighted by Crippen LogP contribution is 2.36. The Hall–Kier alpha value is -2.07. The van der Waals surface area contributed by atoms with Crippen LogP contribution in [0.5, 0.6) is 11.5 Å². The Bertz CT molecular complexity index is 807. The summed E-state index contributed by atoms with van der Waals surface area (Å²) in [7, 11) is 0. The summed E-state index contributed by atoms with van der Waals surface area (Å²) in [6, 6.07) is 13.7. The molecule has 1 aromatic heterocycles. The maximum Gasteiger partial charge on any atom is 0.153 e. The number of ether oxygens (including phenoxy) is 1. The van der Waals surface area contributed by atoms with Crippen molar-refractivity contribution in [2.24, 2.45) is 0 Å². The molecule has 0 saturated heterocycles. The number of fused-ring (bicyclic) bond motifs is 1. The second kappa shape index (κ2) is 5.37. The Balaban J connectivity index is 2.15. The molecule has 0 amide bonds. The number of halogens is 1. The predicted molar refractivity (Wildman–Crippen MR) is 89.8 cm³/mol. The van der Waals surface area contributed by atoms with E-state index in [0.29, 0.717) is 11.4 Å². The van der Waals surface area contributed by atoms with Crippen molar-refractivity contribution in [2.75, 3.05) is 5.73 Å². The van der Waals surface area contributed by atoms with Gasteiger partial charge < -0.3 is 10.5 Å². The Labute approximate surface area is 131 Å². The van der Waals surface area contributed by atoms with Crippen LogP contribution in [0, 0.1) is 13.8 Å². The van der Waals surface area contributed by atoms with Gasteiger partial charge in [-0.25, -0.2) is 0 Å². The fourth-order valence-corrected chi connectivity index (χ4v) is 2.95. The molecule has 4 heteroatoms. The number of para-hydroxylation sites is 1. The first kappa shape index (κ1) is 13.9. The molecular formula is C17H15BrN2O. The first-order valence-corrected chi connectivity index (χ1v) is 7.44. The van der Waals surface area contributed by atoms with Crippen LogP contribution in [0.25, 0.3) is 10.9 Å². The van der Waals surface area contributed by atoms with Gasteiger partial charge in [0.15, 0.2) is 5.75 Å². The zero-order valence-corrected chi connectivity index (χ0v) is 13.4. The van der Waals surface area contributed by atoms with Gasteiger partial charge in [-0.15, -0.1) is 0 Å². The van der Waals surface area contributed by atoms with Gasteiger partial charge in [0.1, 0.15) is 5.75 Å². The maximum absolute atomic E-state index is 6.10. The van der Waals surface area contributed by atoms with Crippen molar-refractivity contribution in [3.05, 3.63) is 58.2 Å². The number of aryl methyl sites for hydroxylation is 2. The number of aromatic nitrogens is 1. The summed E-state index contributed by atoms with van der Waals surface area (Å²) in [6.45, 7) is 3.93. The molecule has 0 saturated carbocycles. The van der Waals surface area contributed by atoms with E-state index in [2.05, 4.69) is 20.9 Å². The highest BCUT2D eigenvalue weighted by molar-refractivity contribution is 9.10. The van der Waals surface area contributed by atoms with E-state index in [1.807, 2.05) is 56.3 Å². The first-order chi connectivity index (χ1) is 10.0. The normalized spacial score (nSPS) is 10.8.